The van der Waals surface area contributed by atoms with Crippen molar-refractivity contribution in [1.29, 1.82) is 0 Å². The van der Waals surface area contributed by atoms with Crippen molar-refractivity contribution in [3.05, 3.63) is 85.5 Å². The standard InChI is InChI=1S/C39H58N2.2C4H9O.Ni/c1-9-14-19-31-26-34(27-32(20-15-10-2)35(31)21-16-11-3)39-37(23-18-13-5)36(22-17-12-4)38(41(39)40)33-24-28(6)30(8)29(7)25-33;2*1-2-3-4-5;/h24-27H,9-23H2,1-8H3;2*2-4H2,1H3;/q;2*-1;+2. The predicted octanol–water partition coefficient (Wildman–Crippen LogP) is 14.7. The first-order valence-electron chi connectivity index (χ1n) is 21.3. The number of allylic oxidation sites excluding steroid dienone is 2. The number of unbranched alkanes of at least 4 members (excludes halogenated alkanes) is 7. The summed E-state index contributed by atoms with van der Waals surface area (Å²) in [5, 5.41) is 0. The maximum atomic E-state index is 12.2. The second-order valence-electron chi connectivity index (χ2n) is 14.8. The number of benzene rings is 2. The van der Waals surface area contributed by atoms with Crippen LogP contribution in [0.5, 0.6) is 0 Å². The molecule has 52 heavy (non-hydrogen) atoms. The molecule has 5 heteroatoms. The van der Waals surface area contributed by atoms with Gasteiger partial charge in [0.1, 0.15) is 0 Å². The monoisotopic (exact) mass is 759 g/mol. The fourth-order valence-corrected chi connectivity index (χ4v) is 7.44. The summed E-state index contributed by atoms with van der Waals surface area (Å²) in [6, 6.07) is 9.51. The Morgan fingerprint density at radius 3 is 1.27 bits per heavy atom. The van der Waals surface area contributed by atoms with Crippen LogP contribution in [-0.2, 0) is 42.1 Å². The summed E-state index contributed by atoms with van der Waals surface area (Å²) in [5.41, 5.74) is 28.0. The van der Waals surface area contributed by atoms with Gasteiger partial charge in [-0.3, -0.25) is 0 Å². The van der Waals surface area contributed by atoms with Crippen molar-refractivity contribution in [2.75, 3.05) is 13.2 Å². The minimum atomic E-state index is 0.808. The maximum absolute atomic E-state index is 12.2. The molecule has 0 unspecified atom stereocenters. The topological polar surface area (TPSA) is 43.8 Å². The first kappa shape index (κ1) is 46.1. The molecule has 1 aliphatic rings. The van der Waals surface area contributed by atoms with Crippen molar-refractivity contribution in [2.45, 2.75) is 191 Å². The van der Waals surface area contributed by atoms with Crippen LogP contribution >= 0.6 is 0 Å². The van der Waals surface area contributed by atoms with Crippen LogP contribution in [0.25, 0.3) is 16.9 Å². The molecule has 296 valence electrons. The molecule has 0 aliphatic carbocycles. The summed E-state index contributed by atoms with van der Waals surface area (Å²) in [4.78, 5) is 0. The van der Waals surface area contributed by atoms with Crippen LogP contribution in [0.15, 0.2) is 35.4 Å². The average molecular weight is 760 g/mol. The zero-order chi connectivity index (χ0) is 38.3. The first-order valence-corrected chi connectivity index (χ1v) is 22.1. The van der Waals surface area contributed by atoms with E-state index in [9.17, 15) is 5.53 Å². The van der Waals surface area contributed by atoms with Crippen LogP contribution in [-0.4, -0.2) is 17.9 Å². The third kappa shape index (κ3) is 14.3. The molecule has 0 spiro atoms. The van der Waals surface area contributed by atoms with Crippen LogP contribution in [0.4, 0.5) is 0 Å². The molecule has 0 saturated carbocycles. The van der Waals surface area contributed by atoms with Crippen molar-refractivity contribution in [3.63, 3.8) is 0 Å². The van der Waals surface area contributed by atoms with E-state index in [2.05, 4.69) is 93.5 Å². The fraction of sp³-hybridized carbons (Fsp3) is 0.660. The van der Waals surface area contributed by atoms with E-state index in [1.165, 1.54) is 102 Å². The van der Waals surface area contributed by atoms with E-state index in [4.69, 9.17) is 7.76 Å². The molecule has 3 rings (SSSR count). The number of rotatable bonds is 25. The molecule has 0 atom stereocenters. The molecule has 0 saturated heterocycles. The van der Waals surface area contributed by atoms with Gasteiger partial charge in [-0.25, -0.2) is 4.70 Å². The number of hydrogen-bond donors (Lipinski definition) is 0. The second-order valence-corrected chi connectivity index (χ2v) is 15.6. The Labute approximate surface area is 327 Å². The van der Waals surface area contributed by atoms with Crippen LogP contribution in [0.2, 0.25) is 0 Å². The fourth-order valence-electron chi connectivity index (χ4n) is 6.91. The molecular weight excluding hydrogens is 683 g/mol. The van der Waals surface area contributed by atoms with E-state index in [1.54, 1.807) is 10.3 Å². The summed E-state index contributed by atoms with van der Waals surface area (Å²) in [5.74, 6) is 0. The molecule has 4 nitrogen and oxygen atoms in total. The van der Waals surface area contributed by atoms with Gasteiger partial charge >= 0.3 is 75.6 Å². The van der Waals surface area contributed by atoms with Gasteiger partial charge in [-0.2, -0.15) is 0 Å². The summed E-state index contributed by atoms with van der Waals surface area (Å²) >= 11 is 0.968. The van der Waals surface area contributed by atoms with E-state index < -0.39 is 0 Å². The van der Waals surface area contributed by atoms with Crippen LogP contribution in [0, 0.1) is 20.8 Å². The number of aryl methyl sites for hydroxylation is 4. The van der Waals surface area contributed by atoms with Crippen molar-refractivity contribution in [2.24, 2.45) is 0 Å². The normalized spacial score (nSPS) is 13.1. The van der Waals surface area contributed by atoms with Gasteiger partial charge in [-0.1, -0.05) is 66.7 Å². The van der Waals surface area contributed by atoms with Crippen LogP contribution < -0.4 is 0 Å². The second kappa shape index (κ2) is 26.7. The summed E-state index contributed by atoms with van der Waals surface area (Å²) in [7, 11) is 0. The number of hydrogen-bond acceptors (Lipinski definition) is 2. The minimum absolute atomic E-state index is 0.808. The van der Waals surface area contributed by atoms with Crippen molar-refractivity contribution in [3.8, 4) is 0 Å². The third-order valence-electron chi connectivity index (χ3n) is 10.4. The summed E-state index contributed by atoms with van der Waals surface area (Å²) in [6.45, 7) is 24.0. The molecule has 0 radical (unpaired) electrons. The molecule has 0 fully saturated rings. The Hall–Kier alpha value is -2.07. The molecule has 0 amide bonds. The van der Waals surface area contributed by atoms with E-state index >= 15 is 0 Å². The van der Waals surface area contributed by atoms with Crippen molar-refractivity contribution >= 4 is 11.4 Å². The SMILES string of the molecule is CCCCC1=C(c2cc(C)c(C)c(C)c2)[N+](=[N-])C(c2cc(CCCC)c(CCCC)c(CCCC)c2)=C1CCCC.CCCC[O][Ni][O]CCCC. The van der Waals surface area contributed by atoms with Gasteiger partial charge in [-0.15, -0.1) is 0 Å². The Morgan fingerprint density at radius 1 is 0.500 bits per heavy atom. The van der Waals surface area contributed by atoms with Crippen LogP contribution in [0.1, 0.15) is 196 Å². The Kier molecular flexibility index (Phi) is 23.6. The molecule has 0 aromatic heterocycles. The zero-order valence-corrected chi connectivity index (χ0v) is 36.2. The van der Waals surface area contributed by atoms with Crippen LogP contribution in [0.3, 0.4) is 0 Å². The van der Waals surface area contributed by atoms with Gasteiger partial charge < -0.3 is 5.53 Å². The molecular formula is C47H76N2NiO2. The Bertz CT molecular complexity index is 1360. The quantitative estimate of drug-likeness (QED) is 0.0575. The van der Waals surface area contributed by atoms with E-state index in [0.717, 1.165) is 109 Å². The van der Waals surface area contributed by atoms with Gasteiger partial charge in [0.05, 0.1) is 0 Å². The third-order valence-corrected chi connectivity index (χ3v) is 11.0. The zero-order valence-electron chi connectivity index (χ0n) is 35.2. The van der Waals surface area contributed by atoms with Crippen molar-refractivity contribution in [1.82, 2.24) is 0 Å². The van der Waals surface area contributed by atoms with Crippen molar-refractivity contribution < 1.29 is 27.5 Å². The molecule has 2 aromatic carbocycles. The summed E-state index contributed by atoms with van der Waals surface area (Å²) < 4.78 is 11.9. The average Bonchev–Trinajstić information content (AvgIpc) is 3.42. The summed E-state index contributed by atoms with van der Waals surface area (Å²) in [6.07, 6.45) is 22.0. The van der Waals surface area contributed by atoms with E-state index in [1.807, 2.05) is 0 Å². The van der Waals surface area contributed by atoms with Gasteiger partial charge in [0, 0.05) is 22.3 Å². The molecule has 1 aliphatic heterocycles. The Morgan fingerprint density at radius 2 is 0.865 bits per heavy atom. The van der Waals surface area contributed by atoms with Gasteiger partial charge in [0.25, 0.3) is 0 Å². The molecule has 0 N–H and O–H groups in total. The first-order chi connectivity index (χ1) is 25.2. The predicted molar refractivity (Wildman–Crippen MR) is 221 cm³/mol. The Balaban J connectivity index is 0.000000734. The van der Waals surface area contributed by atoms with Gasteiger partial charge in [-0.05, 0) is 143 Å². The number of nitrogens with zero attached hydrogens (tertiary/aromatic N) is 2. The molecule has 1 heterocycles. The van der Waals surface area contributed by atoms with E-state index in [0.29, 0.717) is 0 Å². The van der Waals surface area contributed by atoms with E-state index in [-0.39, 0.29) is 0 Å². The van der Waals surface area contributed by atoms with Gasteiger partial charge in [0.2, 0.25) is 11.4 Å². The molecule has 0 bridgehead atoms. The molecule has 2 aromatic rings. The van der Waals surface area contributed by atoms with Gasteiger partial charge in [0.15, 0.2) is 0 Å².